The number of carbonyl (C=O) groups is 1. The topological polar surface area (TPSA) is 61.0 Å². The molecule has 0 unspecified atom stereocenters. The smallest absolute Gasteiger partial charge is 0.257 e. The predicted molar refractivity (Wildman–Crippen MR) is 75.3 cm³/mol. The van der Waals surface area contributed by atoms with Gasteiger partial charge in [-0.05, 0) is 39.7 Å². The van der Waals surface area contributed by atoms with Gasteiger partial charge in [0.2, 0.25) is 0 Å². The van der Waals surface area contributed by atoms with E-state index in [2.05, 4.69) is 22.4 Å². The van der Waals surface area contributed by atoms with Gasteiger partial charge in [0.15, 0.2) is 0 Å². The van der Waals surface area contributed by atoms with E-state index in [0.29, 0.717) is 6.04 Å². The third-order valence-electron chi connectivity index (χ3n) is 3.81. The molecule has 1 aliphatic rings. The van der Waals surface area contributed by atoms with Crippen LogP contribution in [-0.4, -0.2) is 46.7 Å². The molecule has 5 nitrogen and oxygen atoms in total. The van der Waals surface area contributed by atoms with Crippen molar-refractivity contribution in [3.05, 3.63) is 17.0 Å². The van der Waals surface area contributed by atoms with Crippen LogP contribution >= 0.6 is 0 Å². The first-order chi connectivity index (χ1) is 9.13. The minimum Gasteiger partial charge on any atom is -0.338 e. The molecule has 0 aromatic carbocycles. The second-order valence-electron chi connectivity index (χ2n) is 5.33. The maximum atomic E-state index is 12.5. The number of likely N-dealkylation sites (tertiary alicyclic amines) is 1. The zero-order chi connectivity index (χ0) is 13.8. The van der Waals surface area contributed by atoms with Crippen LogP contribution in [0.15, 0.2) is 0 Å². The van der Waals surface area contributed by atoms with E-state index in [1.807, 2.05) is 18.7 Å². The average Bonchev–Trinajstić information content (AvgIpc) is 2.76. The summed E-state index contributed by atoms with van der Waals surface area (Å²) >= 11 is 0. The van der Waals surface area contributed by atoms with E-state index in [1.54, 1.807) is 0 Å². The lowest BCUT2D eigenvalue weighted by molar-refractivity contribution is 0.0704. The first-order valence-corrected chi connectivity index (χ1v) is 7.17. The Kier molecular flexibility index (Phi) is 4.58. The molecule has 1 aromatic heterocycles. The Morgan fingerprint density at radius 3 is 2.63 bits per heavy atom. The predicted octanol–water partition coefficient (Wildman–Crippen LogP) is 1.63. The standard InChI is InChI=1S/C14H24N4O/c1-4-7-15-12-5-8-18(9-6-12)14(19)13-10(2)16-17-11(13)3/h12,15H,4-9H2,1-3H3,(H,16,17). The Morgan fingerprint density at radius 1 is 1.42 bits per heavy atom. The van der Waals surface area contributed by atoms with Gasteiger partial charge in [-0.2, -0.15) is 5.10 Å². The second-order valence-corrected chi connectivity index (χ2v) is 5.33. The Labute approximate surface area is 114 Å². The Hall–Kier alpha value is -1.36. The number of aromatic amines is 1. The molecule has 0 radical (unpaired) electrons. The molecule has 1 saturated heterocycles. The maximum Gasteiger partial charge on any atom is 0.257 e. The third-order valence-corrected chi connectivity index (χ3v) is 3.81. The highest BCUT2D eigenvalue weighted by Crippen LogP contribution is 2.17. The summed E-state index contributed by atoms with van der Waals surface area (Å²) in [6.07, 6.45) is 3.25. The number of hydrogen-bond donors (Lipinski definition) is 2. The van der Waals surface area contributed by atoms with Crippen LogP contribution in [0.1, 0.15) is 47.9 Å². The molecule has 1 amide bonds. The molecule has 1 aliphatic heterocycles. The van der Waals surface area contributed by atoms with Crippen molar-refractivity contribution in [1.29, 1.82) is 0 Å². The van der Waals surface area contributed by atoms with Gasteiger partial charge in [-0.3, -0.25) is 9.89 Å². The van der Waals surface area contributed by atoms with Gasteiger partial charge >= 0.3 is 0 Å². The lowest BCUT2D eigenvalue weighted by Gasteiger charge is -2.32. The molecule has 0 bridgehead atoms. The molecule has 5 heteroatoms. The number of nitrogens with one attached hydrogen (secondary N) is 2. The molecule has 0 aliphatic carbocycles. The van der Waals surface area contributed by atoms with Gasteiger partial charge in [0.05, 0.1) is 11.3 Å². The van der Waals surface area contributed by atoms with Crippen LogP contribution in [0.25, 0.3) is 0 Å². The Balaban J connectivity index is 1.93. The first-order valence-electron chi connectivity index (χ1n) is 7.17. The van der Waals surface area contributed by atoms with Crippen molar-refractivity contribution < 1.29 is 4.79 Å². The van der Waals surface area contributed by atoms with Crippen LogP contribution < -0.4 is 5.32 Å². The van der Waals surface area contributed by atoms with E-state index in [4.69, 9.17) is 0 Å². The molecule has 0 saturated carbocycles. The first kappa shape index (κ1) is 14.1. The lowest BCUT2D eigenvalue weighted by atomic mass is 10.0. The van der Waals surface area contributed by atoms with E-state index in [1.165, 1.54) is 0 Å². The third kappa shape index (κ3) is 3.15. The summed E-state index contributed by atoms with van der Waals surface area (Å²) in [7, 11) is 0. The Morgan fingerprint density at radius 2 is 2.11 bits per heavy atom. The summed E-state index contributed by atoms with van der Waals surface area (Å²) in [5, 5.41) is 10.5. The molecule has 0 spiro atoms. The number of H-pyrrole nitrogens is 1. The molecule has 0 atom stereocenters. The van der Waals surface area contributed by atoms with Crippen LogP contribution in [0.3, 0.4) is 0 Å². The van der Waals surface area contributed by atoms with Gasteiger partial charge in [0, 0.05) is 24.8 Å². The van der Waals surface area contributed by atoms with Crippen LogP contribution in [0.2, 0.25) is 0 Å². The molecule has 2 heterocycles. The number of aromatic nitrogens is 2. The largest absolute Gasteiger partial charge is 0.338 e. The minimum absolute atomic E-state index is 0.123. The number of carbonyl (C=O) groups excluding carboxylic acids is 1. The van der Waals surface area contributed by atoms with Crippen molar-refractivity contribution in [2.75, 3.05) is 19.6 Å². The fourth-order valence-corrected chi connectivity index (χ4v) is 2.66. The average molecular weight is 264 g/mol. The number of nitrogens with zero attached hydrogens (tertiary/aromatic N) is 2. The van der Waals surface area contributed by atoms with E-state index < -0.39 is 0 Å². The molecular weight excluding hydrogens is 240 g/mol. The number of aryl methyl sites for hydroxylation is 2. The zero-order valence-corrected chi connectivity index (χ0v) is 12.1. The van der Waals surface area contributed by atoms with Crippen LogP contribution in [0.5, 0.6) is 0 Å². The van der Waals surface area contributed by atoms with Gasteiger partial charge in [0.1, 0.15) is 0 Å². The maximum absolute atomic E-state index is 12.5. The fourth-order valence-electron chi connectivity index (χ4n) is 2.66. The number of amides is 1. The summed E-state index contributed by atoms with van der Waals surface area (Å²) in [4.78, 5) is 14.4. The van der Waals surface area contributed by atoms with Gasteiger partial charge < -0.3 is 10.2 Å². The van der Waals surface area contributed by atoms with E-state index in [0.717, 1.165) is 55.8 Å². The highest BCUT2D eigenvalue weighted by molar-refractivity contribution is 5.96. The number of hydrogen-bond acceptors (Lipinski definition) is 3. The molecule has 106 valence electrons. The van der Waals surface area contributed by atoms with Crippen molar-refractivity contribution in [2.24, 2.45) is 0 Å². The van der Waals surface area contributed by atoms with Gasteiger partial charge in [0.25, 0.3) is 5.91 Å². The summed E-state index contributed by atoms with van der Waals surface area (Å²) < 4.78 is 0. The van der Waals surface area contributed by atoms with Crippen molar-refractivity contribution in [2.45, 2.75) is 46.1 Å². The van der Waals surface area contributed by atoms with Crippen LogP contribution in [0.4, 0.5) is 0 Å². The van der Waals surface area contributed by atoms with E-state index in [9.17, 15) is 4.79 Å². The summed E-state index contributed by atoms with van der Waals surface area (Å²) in [5.74, 6) is 0.123. The normalized spacial score (nSPS) is 16.9. The van der Waals surface area contributed by atoms with E-state index >= 15 is 0 Å². The zero-order valence-electron chi connectivity index (χ0n) is 12.1. The van der Waals surface area contributed by atoms with Crippen molar-refractivity contribution >= 4 is 5.91 Å². The summed E-state index contributed by atoms with van der Waals surface area (Å²) in [6.45, 7) is 8.71. The van der Waals surface area contributed by atoms with Gasteiger partial charge in [-0.25, -0.2) is 0 Å². The Bertz CT molecular complexity index is 413. The fraction of sp³-hybridized carbons (Fsp3) is 0.714. The molecular formula is C14H24N4O. The van der Waals surface area contributed by atoms with Crippen molar-refractivity contribution in [3.8, 4) is 0 Å². The monoisotopic (exact) mass is 264 g/mol. The quantitative estimate of drug-likeness (QED) is 0.869. The summed E-state index contributed by atoms with van der Waals surface area (Å²) in [6, 6.07) is 0.565. The summed E-state index contributed by atoms with van der Waals surface area (Å²) in [5.41, 5.74) is 2.42. The molecule has 19 heavy (non-hydrogen) atoms. The highest BCUT2D eigenvalue weighted by Gasteiger charge is 2.26. The lowest BCUT2D eigenvalue weighted by Crippen LogP contribution is -2.45. The van der Waals surface area contributed by atoms with Gasteiger partial charge in [-0.1, -0.05) is 6.92 Å². The molecule has 1 aromatic rings. The molecule has 1 fully saturated rings. The second kappa shape index (κ2) is 6.19. The van der Waals surface area contributed by atoms with E-state index in [-0.39, 0.29) is 5.91 Å². The minimum atomic E-state index is 0.123. The molecule has 2 N–H and O–H groups in total. The van der Waals surface area contributed by atoms with Crippen molar-refractivity contribution in [1.82, 2.24) is 20.4 Å². The van der Waals surface area contributed by atoms with Crippen LogP contribution in [0, 0.1) is 13.8 Å². The van der Waals surface area contributed by atoms with Gasteiger partial charge in [-0.15, -0.1) is 0 Å². The number of piperidine rings is 1. The van der Waals surface area contributed by atoms with Crippen molar-refractivity contribution in [3.63, 3.8) is 0 Å². The SMILES string of the molecule is CCCNC1CCN(C(=O)c2c(C)n[nH]c2C)CC1. The highest BCUT2D eigenvalue weighted by atomic mass is 16.2. The van der Waals surface area contributed by atoms with Crippen LogP contribution in [-0.2, 0) is 0 Å². The molecule has 2 rings (SSSR count). The number of rotatable bonds is 4.